The Bertz CT molecular complexity index is 1020. The van der Waals surface area contributed by atoms with E-state index in [0.29, 0.717) is 12.8 Å². The molecule has 0 aliphatic carbocycles. The van der Waals surface area contributed by atoms with E-state index >= 15 is 0 Å². The second kappa shape index (κ2) is 12.0. The molecule has 0 radical (unpaired) electrons. The standard InChI is InChI=1S/C20H24B2F3N3O6/c23-14-5-4-12(9-13(14)21(31)32)20(30)28(6-2-1-3-17(26)19(27)29)10-11-7-15(24)18(22(33)34)16(25)8-11/h4-5,7-9,17,31-34H,1-3,6,10,26H2,(H2,27,29). The number of benzene rings is 2. The summed E-state index contributed by atoms with van der Waals surface area (Å²) in [6.45, 7) is -0.281. The Morgan fingerprint density at radius 2 is 1.56 bits per heavy atom. The third kappa shape index (κ3) is 7.05. The third-order valence-electron chi connectivity index (χ3n) is 5.14. The molecule has 0 aliphatic heterocycles. The van der Waals surface area contributed by atoms with Crippen LogP contribution in [0.3, 0.4) is 0 Å². The monoisotopic (exact) mass is 481 g/mol. The molecule has 0 aromatic heterocycles. The number of halogens is 3. The first kappa shape index (κ1) is 27.3. The number of primary amides is 1. The van der Waals surface area contributed by atoms with E-state index in [1.165, 1.54) is 4.90 Å². The van der Waals surface area contributed by atoms with Crippen molar-refractivity contribution in [3.63, 3.8) is 0 Å². The summed E-state index contributed by atoms with van der Waals surface area (Å²) in [5.41, 5.74) is 9.10. The van der Waals surface area contributed by atoms with Gasteiger partial charge < -0.3 is 36.5 Å². The summed E-state index contributed by atoms with van der Waals surface area (Å²) in [5, 5.41) is 36.8. The molecule has 0 heterocycles. The predicted octanol–water partition coefficient (Wildman–Crippen LogP) is -1.91. The van der Waals surface area contributed by atoms with Gasteiger partial charge >= 0.3 is 14.2 Å². The molecule has 0 fully saturated rings. The molecule has 1 unspecified atom stereocenters. The zero-order valence-electron chi connectivity index (χ0n) is 18.0. The smallest absolute Gasteiger partial charge is 0.423 e. The van der Waals surface area contributed by atoms with Crippen molar-refractivity contribution in [2.45, 2.75) is 31.8 Å². The molecule has 2 aromatic rings. The van der Waals surface area contributed by atoms with Crippen LogP contribution in [0.1, 0.15) is 35.2 Å². The van der Waals surface area contributed by atoms with Crippen LogP contribution in [-0.4, -0.2) is 63.6 Å². The summed E-state index contributed by atoms with van der Waals surface area (Å²) in [7, 11) is -4.54. The molecule has 2 rings (SSSR count). The van der Waals surface area contributed by atoms with Crippen molar-refractivity contribution in [1.82, 2.24) is 4.90 Å². The third-order valence-corrected chi connectivity index (χ3v) is 5.14. The van der Waals surface area contributed by atoms with Gasteiger partial charge in [0.25, 0.3) is 5.91 Å². The first-order chi connectivity index (χ1) is 15.9. The Labute approximate surface area is 194 Å². The van der Waals surface area contributed by atoms with Crippen molar-refractivity contribution in [1.29, 1.82) is 0 Å². The molecule has 0 bridgehead atoms. The fourth-order valence-electron chi connectivity index (χ4n) is 3.31. The van der Waals surface area contributed by atoms with E-state index < -0.39 is 60.5 Å². The minimum atomic E-state index is -2.37. The van der Waals surface area contributed by atoms with Gasteiger partial charge in [0.05, 0.1) is 11.5 Å². The van der Waals surface area contributed by atoms with Crippen LogP contribution >= 0.6 is 0 Å². The first-order valence-corrected chi connectivity index (χ1v) is 10.3. The lowest BCUT2D eigenvalue weighted by Gasteiger charge is -2.24. The van der Waals surface area contributed by atoms with Gasteiger partial charge in [0.1, 0.15) is 17.5 Å². The van der Waals surface area contributed by atoms with Gasteiger partial charge in [-0.25, -0.2) is 13.2 Å². The van der Waals surface area contributed by atoms with E-state index in [-0.39, 0.29) is 30.6 Å². The first-order valence-electron chi connectivity index (χ1n) is 10.3. The maximum Gasteiger partial charge on any atom is 0.494 e. The Kier molecular flexibility index (Phi) is 9.65. The lowest BCUT2D eigenvalue weighted by molar-refractivity contribution is -0.119. The molecule has 14 heteroatoms. The number of unbranched alkanes of at least 4 members (excludes halogenated alkanes) is 1. The highest BCUT2D eigenvalue weighted by Crippen LogP contribution is 2.15. The maximum absolute atomic E-state index is 14.2. The van der Waals surface area contributed by atoms with Crippen LogP contribution in [0.5, 0.6) is 0 Å². The van der Waals surface area contributed by atoms with Gasteiger partial charge in [-0.2, -0.15) is 0 Å². The van der Waals surface area contributed by atoms with Gasteiger partial charge in [0.15, 0.2) is 0 Å². The molecule has 182 valence electrons. The molecule has 8 N–H and O–H groups in total. The summed E-state index contributed by atoms with van der Waals surface area (Å²) in [4.78, 5) is 25.3. The van der Waals surface area contributed by atoms with Crippen molar-refractivity contribution in [2.75, 3.05) is 6.54 Å². The van der Waals surface area contributed by atoms with E-state index in [1.807, 2.05) is 0 Å². The average Bonchev–Trinajstić information content (AvgIpc) is 2.74. The molecule has 2 aromatic carbocycles. The summed E-state index contributed by atoms with van der Waals surface area (Å²) >= 11 is 0. The Hall–Kier alpha value is -2.90. The number of rotatable bonds is 11. The van der Waals surface area contributed by atoms with E-state index in [4.69, 9.17) is 21.5 Å². The molecule has 0 saturated carbocycles. The van der Waals surface area contributed by atoms with Crippen LogP contribution in [-0.2, 0) is 11.3 Å². The molecular weight excluding hydrogens is 457 g/mol. The molecular formula is C20H24B2F3N3O6. The van der Waals surface area contributed by atoms with E-state index in [2.05, 4.69) is 0 Å². The molecule has 0 spiro atoms. The fraction of sp³-hybridized carbons (Fsp3) is 0.300. The summed E-state index contributed by atoms with van der Waals surface area (Å²) in [5.74, 6) is -4.78. The molecule has 34 heavy (non-hydrogen) atoms. The number of nitrogens with zero attached hydrogens (tertiary/aromatic N) is 1. The van der Waals surface area contributed by atoms with Gasteiger partial charge in [-0.05, 0) is 55.2 Å². The number of nitrogens with two attached hydrogens (primary N) is 2. The van der Waals surface area contributed by atoms with Gasteiger partial charge in [-0.15, -0.1) is 0 Å². The topological polar surface area (TPSA) is 170 Å². The number of hydrogen-bond donors (Lipinski definition) is 6. The predicted molar refractivity (Wildman–Crippen MR) is 118 cm³/mol. The molecule has 0 saturated heterocycles. The van der Waals surface area contributed by atoms with Crippen molar-refractivity contribution in [3.8, 4) is 0 Å². The highest BCUT2D eigenvalue weighted by molar-refractivity contribution is 6.59. The maximum atomic E-state index is 14.2. The normalized spacial score (nSPS) is 11.8. The van der Waals surface area contributed by atoms with Gasteiger partial charge in [-0.1, -0.05) is 0 Å². The zero-order valence-corrected chi connectivity index (χ0v) is 18.0. The van der Waals surface area contributed by atoms with Crippen molar-refractivity contribution < 1.29 is 42.9 Å². The Morgan fingerprint density at radius 1 is 0.941 bits per heavy atom. The van der Waals surface area contributed by atoms with Gasteiger partial charge in [-0.3, -0.25) is 9.59 Å². The van der Waals surface area contributed by atoms with Crippen LogP contribution in [0.15, 0.2) is 30.3 Å². The fourth-order valence-corrected chi connectivity index (χ4v) is 3.31. The van der Waals surface area contributed by atoms with Crippen molar-refractivity contribution in [2.24, 2.45) is 11.5 Å². The van der Waals surface area contributed by atoms with Crippen molar-refractivity contribution in [3.05, 3.63) is 58.9 Å². The lowest BCUT2D eigenvalue weighted by Crippen LogP contribution is -2.38. The highest BCUT2D eigenvalue weighted by atomic mass is 19.1. The lowest BCUT2D eigenvalue weighted by atomic mass is 9.78. The van der Waals surface area contributed by atoms with Gasteiger partial charge in [0.2, 0.25) is 5.91 Å². The average molecular weight is 481 g/mol. The number of carbonyl (C=O) groups excluding carboxylic acids is 2. The zero-order chi connectivity index (χ0) is 25.6. The number of amides is 2. The molecule has 0 aliphatic rings. The summed E-state index contributed by atoms with van der Waals surface area (Å²) in [6.07, 6.45) is 0.944. The summed E-state index contributed by atoms with van der Waals surface area (Å²) < 4.78 is 42.1. The van der Waals surface area contributed by atoms with Crippen LogP contribution < -0.4 is 22.4 Å². The second-order valence-electron chi connectivity index (χ2n) is 7.69. The van der Waals surface area contributed by atoms with Crippen LogP contribution in [0, 0.1) is 17.5 Å². The second-order valence-corrected chi connectivity index (χ2v) is 7.69. The SMILES string of the molecule is NC(=O)C(N)CCCCN(Cc1cc(F)c(B(O)O)c(F)c1)C(=O)c1ccc(F)c(B(O)O)c1. The quantitative estimate of drug-likeness (QED) is 0.161. The minimum absolute atomic E-state index is 0.00823. The number of carbonyl (C=O) groups is 2. The number of hydrogen-bond acceptors (Lipinski definition) is 7. The molecule has 2 amide bonds. The minimum Gasteiger partial charge on any atom is -0.423 e. The van der Waals surface area contributed by atoms with Gasteiger partial charge in [0, 0.05) is 24.1 Å². The van der Waals surface area contributed by atoms with E-state index in [1.54, 1.807) is 0 Å². The largest absolute Gasteiger partial charge is 0.494 e. The van der Waals surface area contributed by atoms with Crippen LogP contribution in [0.2, 0.25) is 0 Å². The van der Waals surface area contributed by atoms with E-state index in [0.717, 1.165) is 30.3 Å². The Balaban J connectivity index is 2.30. The summed E-state index contributed by atoms with van der Waals surface area (Å²) in [6, 6.07) is 3.75. The molecule has 1 atom stereocenters. The van der Waals surface area contributed by atoms with Crippen LogP contribution in [0.4, 0.5) is 13.2 Å². The van der Waals surface area contributed by atoms with Crippen molar-refractivity contribution >= 4 is 37.0 Å². The highest BCUT2D eigenvalue weighted by Gasteiger charge is 2.25. The Morgan fingerprint density at radius 3 is 2.09 bits per heavy atom. The van der Waals surface area contributed by atoms with Crippen LogP contribution in [0.25, 0.3) is 0 Å². The van der Waals surface area contributed by atoms with E-state index in [9.17, 15) is 32.8 Å². The molecule has 9 nitrogen and oxygen atoms in total.